The van der Waals surface area contributed by atoms with Crippen LogP contribution in [0.2, 0.25) is 10.0 Å². The summed E-state index contributed by atoms with van der Waals surface area (Å²) in [5.74, 6) is -0.234. The maximum absolute atomic E-state index is 11.8. The predicted molar refractivity (Wildman–Crippen MR) is 102 cm³/mol. The minimum Gasteiger partial charge on any atom is -0.494 e. The molecule has 0 atom stereocenters. The molecule has 7 heteroatoms. The van der Waals surface area contributed by atoms with Crippen LogP contribution in [0.3, 0.4) is 0 Å². The highest BCUT2D eigenvalue weighted by molar-refractivity contribution is 6.39. The number of carbonyl (C=O) groups excluding carboxylic acids is 2. The number of hydrogen-bond donors (Lipinski definition) is 1. The molecule has 0 saturated carbocycles. The molecule has 0 aliphatic carbocycles. The first-order chi connectivity index (χ1) is 12.5. The molecule has 0 bridgehead atoms. The van der Waals surface area contributed by atoms with Gasteiger partial charge in [0.2, 0.25) is 0 Å². The average Bonchev–Trinajstić information content (AvgIpc) is 2.62. The average molecular weight is 396 g/mol. The maximum Gasteiger partial charge on any atom is 0.306 e. The second-order valence-electron chi connectivity index (χ2n) is 5.57. The molecule has 0 unspecified atom stereocenters. The normalized spacial score (nSPS) is 10.3. The number of amides is 1. The van der Waals surface area contributed by atoms with Crippen molar-refractivity contribution in [1.82, 2.24) is 0 Å². The molecular formula is C19H19Cl2NO4. The molecule has 1 N–H and O–H groups in total. The fourth-order valence-corrected chi connectivity index (χ4v) is 2.54. The minimum atomic E-state index is -0.510. The Morgan fingerprint density at radius 1 is 1.04 bits per heavy atom. The van der Waals surface area contributed by atoms with Gasteiger partial charge in [-0.1, -0.05) is 47.0 Å². The Morgan fingerprint density at radius 2 is 1.69 bits per heavy atom. The van der Waals surface area contributed by atoms with E-state index in [0.717, 1.165) is 11.3 Å². The van der Waals surface area contributed by atoms with Crippen molar-refractivity contribution < 1.29 is 19.1 Å². The third kappa shape index (κ3) is 6.58. The zero-order valence-corrected chi connectivity index (χ0v) is 15.8. The van der Waals surface area contributed by atoms with Crippen molar-refractivity contribution in [3.8, 4) is 5.75 Å². The molecule has 0 aliphatic rings. The molecule has 2 aromatic carbocycles. The van der Waals surface area contributed by atoms with Gasteiger partial charge in [0.1, 0.15) is 5.75 Å². The number of hydrogen-bond acceptors (Lipinski definition) is 4. The highest BCUT2D eigenvalue weighted by Gasteiger charge is 2.12. The molecule has 0 fully saturated rings. The summed E-state index contributed by atoms with van der Waals surface area (Å²) < 4.78 is 10.5. The molecule has 0 spiro atoms. The summed E-state index contributed by atoms with van der Waals surface area (Å²) in [6.07, 6.45) is 0.649. The lowest BCUT2D eigenvalue weighted by atomic mass is 10.2. The molecule has 1 amide bonds. The van der Waals surface area contributed by atoms with Crippen molar-refractivity contribution in [1.29, 1.82) is 0 Å². The van der Waals surface area contributed by atoms with E-state index in [4.69, 9.17) is 32.7 Å². The Morgan fingerprint density at radius 3 is 2.35 bits per heavy atom. The van der Waals surface area contributed by atoms with Crippen molar-refractivity contribution in [2.45, 2.75) is 19.8 Å². The van der Waals surface area contributed by atoms with E-state index in [2.05, 4.69) is 5.32 Å². The van der Waals surface area contributed by atoms with E-state index in [-0.39, 0.29) is 6.42 Å². The molecule has 0 heterocycles. The summed E-state index contributed by atoms with van der Waals surface area (Å²) in [6.45, 7) is 1.98. The number of nitrogens with one attached hydrogen (secondary N) is 1. The van der Waals surface area contributed by atoms with Crippen LogP contribution >= 0.6 is 23.2 Å². The highest BCUT2D eigenvalue weighted by atomic mass is 35.5. The lowest BCUT2D eigenvalue weighted by molar-refractivity contribution is -0.147. The lowest BCUT2D eigenvalue weighted by Gasteiger charge is -2.10. The first-order valence-corrected chi connectivity index (χ1v) is 8.80. The second-order valence-corrected chi connectivity index (χ2v) is 6.38. The van der Waals surface area contributed by atoms with Crippen LogP contribution in [-0.2, 0) is 14.3 Å². The van der Waals surface area contributed by atoms with Crippen molar-refractivity contribution >= 4 is 40.8 Å². The van der Waals surface area contributed by atoms with Gasteiger partial charge in [0.15, 0.2) is 6.61 Å². The van der Waals surface area contributed by atoms with Crippen molar-refractivity contribution in [2.24, 2.45) is 0 Å². The fourth-order valence-electron chi connectivity index (χ4n) is 2.05. The third-order valence-electron chi connectivity index (χ3n) is 3.41. The summed E-state index contributed by atoms with van der Waals surface area (Å²) in [5.41, 5.74) is 1.45. The summed E-state index contributed by atoms with van der Waals surface area (Å²) in [4.78, 5) is 23.5. The molecule has 0 aromatic heterocycles. The Hall–Kier alpha value is -2.24. The summed E-state index contributed by atoms with van der Waals surface area (Å²) in [7, 11) is 0. The number of esters is 1. The van der Waals surface area contributed by atoms with Crippen LogP contribution in [0.4, 0.5) is 5.69 Å². The Kier molecular flexibility index (Phi) is 7.75. The Balaban J connectivity index is 1.65. The van der Waals surface area contributed by atoms with E-state index in [1.54, 1.807) is 18.2 Å². The van der Waals surface area contributed by atoms with Crippen LogP contribution in [-0.4, -0.2) is 25.1 Å². The summed E-state index contributed by atoms with van der Waals surface area (Å²) in [6, 6.07) is 12.5. The van der Waals surface area contributed by atoms with Crippen LogP contribution in [0.1, 0.15) is 18.4 Å². The number of halogens is 2. The number of rotatable bonds is 8. The minimum absolute atomic E-state index is 0.159. The van der Waals surface area contributed by atoms with Crippen LogP contribution in [0, 0.1) is 6.92 Å². The van der Waals surface area contributed by atoms with Gasteiger partial charge in [-0.15, -0.1) is 0 Å². The van der Waals surface area contributed by atoms with E-state index >= 15 is 0 Å². The number of ether oxygens (including phenoxy) is 2. The second kappa shape index (κ2) is 10.0. The predicted octanol–water partition coefficient (Wildman–Crippen LogP) is 4.64. The van der Waals surface area contributed by atoms with E-state index in [9.17, 15) is 9.59 Å². The van der Waals surface area contributed by atoms with Gasteiger partial charge in [0.05, 0.1) is 22.3 Å². The van der Waals surface area contributed by atoms with Gasteiger partial charge in [-0.25, -0.2) is 0 Å². The number of carbonyl (C=O) groups is 2. The fraction of sp³-hybridized carbons (Fsp3) is 0.263. The summed E-state index contributed by atoms with van der Waals surface area (Å²) >= 11 is 11.9. The molecule has 138 valence electrons. The molecule has 0 saturated heterocycles. The van der Waals surface area contributed by atoms with Crippen LogP contribution in [0.5, 0.6) is 5.75 Å². The lowest BCUT2D eigenvalue weighted by Crippen LogP contribution is -2.21. The third-order valence-corrected chi connectivity index (χ3v) is 4.04. The van der Waals surface area contributed by atoms with E-state index < -0.39 is 18.5 Å². The van der Waals surface area contributed by atoms with Crippen molar-refractivity contribution in [3.05, 3.63) is 58.1 Å². The van der Waals surface area contributed by atoms with Gasteiger partial charge in [-0.05, 0) is 37.6 Å². The van der Waals surface area contributed by atoms with Gasteiger partial charge < -0.3 is 14.8 Å². The molecule has 0 aliphatic heterocycles. The quantitative estimate of drug-likeness (QED) is 0.522. The van der Waals surface area contributed by atoms with Gasteiger partial charge in [-0.3, -0.25) is 9.59 Å². The molecular weight excluding hydrogens is 377 g/mol. The standard InChI is InChI=1S/C19H19Cl2NO4/c1-13-7-9-14(10-8-13)25-11-3-6-18(24)26-12-17(23)22-19-15(20)4-2-5-16(19)21/h2,4-5,7-10H,3,6,11-12H2,1H3,(H,22,23). The monoisotopic (exact) mass is 395 g/mol. The number of para-hydroxylation sites is 1. The van der Waals surface area contributed by atoms with Crippen molar-refractivity contribution in [2.75, 3.05) is 18.5 Å². The number of benzene rings is 2. The largest absolute Gasteiger partial charge is 0.494 e. The van der Waals surface area contributed by atoms with Gasteiger partial charge >= 0.3 is 5.97 Å². The smallest absolute Gasteiger partial charge is 0.306 e. The molecule has 2 rings (SSSR count). The first kappa shape index (κ1) is 20.1. The topological polar surface area (TPSA) is 64.6 Å². The number of anilines is 1. The van der Waals surface area contributed by atoms with Gasteiger partial charge in [0, 0.05) is 6.42 Å². The first-order valence-electron chi connectivity index (χ1n) is 8.04. The number of aryl methyl sites for hydroxylation is 1. The zero-order valence-electron chi connectivity index (χ0n) is 14.3. The molecule has 2 aromatic rings. The Labute approximate surface area is 162 Å². The van der Waals surface area contributed by atoms with E-state index in [0.29, 0.717) is 28.8 Å². The van der Waals surface area contributed by atoms with Crippen LogP contribution < -0.4 is 10.1 Å². The van der Waals surface area contributed by atoms with E-state index in [1.807, 2.05) is 31.2 Å². The van der Waals surface area contributed by atoms with Gasteiger partial charge in [-0.2, -0.15) is 0 Å². The molecule has 26 heavy (non-hydrogen) atoms. The van der Waals surface area contributed by atoms with Gasteiger partial charge in [0.25, 0.3) is 5.91 Å². The Bertz CT molecular complexity index is 742. The maximum atomic E-state index is 11.8. The molecule has 5 nitrogen and oxygen atoms in total. The highest BCUT2D eigenvalue weighted by Crippen LogP contribution is 2.29. The van der Waals surface area contributed by atoms with Crippen molar-refractivity contribution in [3.63, 3.8) is 0 Å². The van der Waals surface area contributed by atoms with Crippen LogP contribution in [0.15, 0.2) is 42.5 Å². The summed E-state index contributed by atoms with van der Waals surface area (Å²) in [5, 5.41) is 3.14. The van der Waals surface area contributed by atoms with Crippen LogP contribution in [0.25, 0.3) is 0 Å². The SMILES string of the molecule is Cc1ccc(OCCCC(=O)OCC(=O)Nc2c(Cl)cccc2Cl)cc1. The van der Waals surface area contributed by atoms with E-state index in [1.165, 1.54) is 0 Å². The molecule has 0 radical (unpaired) electrons. The zero-order chi connectivity index (χ0) is 18.9.